The second-order valence-corrected chi connectivity index (χ2v) is 8.24. The summed E-state index contributed by atoms with van der Waals surface area (Å²) in [7, 11) is 0. The Bertz CT molecular complexity index is 788. The predicted molar refractivity (Wildman–Crippen MR) is 110 cm³/mol. The SMILES string of the molecule is Cc1cc(NC(=O)[C@H](C)SCC(=O)N2CCN(Cc3ccccc3)CC2)no1. The first kappa shape index (κ1) is 20.4. The van der Waals surface area contributed by atoms with Crippen LogP contribution in [0.25, 0.3) is 0 Å². The van der Waals surface area contributed by atoms with Gasteiger partial charge in [0.1, 0.15) is 5.76 Å². The number of hydrogen-bond acceptors (Lipinski definition) is 6. The van der Waals surface area contributed by atoms with Crippen LogP contribution in [0.15, 0.2) is 40.9 Å². The van der Waals surface area contributed by atoms with Crippen LogP contribution in [0.3, 0.4) is 0 Å². The Morgan fingerprint density at radius 3 is 2.57 bits per heavy atom. The topological polar surface area (TPSA) is 78.7 Å². The highest BCUT2D eigenvalue weighted by molar-refractivity contribution is 8.01. The van der Waals surface area contributed by atoms with E-state index in [-0.39, 0.29) is 17.1 Å². The van der Waals surface area contributed by atoms with Crippen LogP contribution < -0.4 is 5.32 Å². The fourth-order valence-electron chi connectivity index (χ4n) is 3.01. The van der Waals surface area contributed by atoms with Crippen LogP contribution in [0.4, 0.5) is 5.82 Å². The van der Waals surface area contributed by atoms with Gasteiger partial charge in [0.25, 0.3) is 0 Å². The molecule has 28 heavy (non-hydrogen) atoms. The van der Waals surface area contributed by atoms with E-state index in [4.69, 9.17) is 4.52 Å². The van der Waals surface area contributed by atoms with Gasteiger partial charge in [-0.25, -0.2) is 0 Å². The lowest BCUT2D eigenvalue weighted by Gasteiger charge is -2.34. The second kappa shape index (κ2) is 9.75. The third-order valence-electron chi connectivity index (χ3n) is 4.68. The molecule has 7 nitrogen and oxygen atoms in total. The summed E-state index contributed by atoms with van der Waals surface area (Å²) >= 11 is 1.34. The molecule has 3 rings (SSSR count). The zero-order chi connectivity index (χ0) is 19.9. The van der Waals surface area contributed by atoms with Gasteiger partial charge in [0, 0.05) is 38.8 Å². The largest absolute Gasteiger partial charge is 0.360 e. The molecule has 0 bridgehead atoms. The Balaban J connectivity index is 1.37. The van der Waals surface area contributed by atoms with E-state index in [1.807, 2.05) is 23.1 Å². The van der Waals surface area contributed by atoms with E-state index in [0.29, 0.717) is 17.3 Å². The predicted octanol–water partition coefficient (Wildman–Crippen LogP) is 2.39. The monoisotopic (exact) mass is 402 g/mol. The zero-order valence-electron chi connectivity index (χ0n) is 16.3. The Labute approximate surface area is 169 Å². The fourth-order valence-corrected chi connectivity index (χ4v) is 3.80. The van der Waals surface area contributed by atoms with Crippen molar-refractivity contribution in [3.8, 4) is 0 Å². The minimum absolute atomic E-state index is 0.0845. The van der Waals surface area contributed by atoms with Crippen molar-refractivity contribution in [2.75, 3.05) is 37.2 Å². The number of hydrogen-bond donors (Lipinski definition) is 1. The molecular formula is C20H26N4O3S. The van der Waals surface area contributed by atoms with Crippen LogP contribution in [0.1, 0.15) is 18.2 Å². The molecule has 8 heteroatoms. The van der Waals surface area contributed by atoms with Gasteiger partial charge in [-0.15, -0.1) is 11.8 Å². The summed E-state index contributed by atoms with van der Waals surface area (Å²) in [4.78, 5) is 28.9. The van der Waals surface area contributed by atoms with E-state index >= 15 is 0 Å². The summed E-state index contributed by atoms with van der Waals surface area (Å²) in [5.74, 6) is 1.23. The average molecular weight is 403 g/mol. The van der Waals surface area contributed by atoms with E-state index < -0.39 is 0 Å². The number of carbonyl (C=O) groups excluding carboxylic acids is 2. The van der Waals surface area contributed by atoms with Crippen LogP contribution >= 0.6 is 11.8 Å². The van der Waals surface area contributed by atoms with Gasteiger partial charge in [-0.3, -0.25) is 14.5 Å². The van der Waals surface area contributed by atoms with Gasteiger partial charge in [-0.05, 0) is 19.4 Å². The fraction of sp³-hybridized carbons (Fsp3) is 0.450. The lowest BCUT2D eigenvalue weighted by atomic mass is 10.2. The van der Waals surface area contributed by atoms with Crippen molar-refractivity contribution in [2.24, 2.45) is 0 Å². The molecule has 1 fully saturated rings. The van der Waals surface area contributed by atoms with Gasteiger partial charge in [0.2, 0.25) is 11.8 Å². The van der Waals surface area contributed by atoms with Gasteiger partial charge >= 0.3 is 0 Å². The highest BCUT2D eigenvalue weighted by Gasteiger charge is 2.23. The number of piperazine rings is 1. The summed E-state index contributed by atoms with van der Waals surface area (Å²) in [5.41, 5.74) is 1.29. The van der Waals surface area contributed by atoms with Crippen molar-refractivity contribution in [1.29, 1.82) is 0 Å². The van der Waals surface area contributed by atoms with Crippen molar-refractivity contribution < 1.29 is 14.1 Å². The molecule has 1 saturated heterocycles. The molecule has 1 atom stereocenters. The summed E-state index contributed by atoms with van der Waals surface area (Å²) in [6.45, 7) is 7.66. The zero-order valence-corrected chi connectivity index (χ0v) is 17.1. The number of amides is 2. The molecule has 1 aliphatic heterocycles. The Morgan fingerprint density at radius 2 is 1.93 bits per heavy atom. The maximum absolute atomic E-state index is 12.5. The van der Waals surface area contributed by atoms with Crippen molar-refractivity contribution in [1.82, 2.24) is 15.0 Å². The molecule has 150 valence electrons. The van der Waals surface area contributed by atoms with Gasteiger partial charge in [-0.2, -0.15) is 0 Å². The molecule has 0 saturated carbocycles. The Kier molecular flexibility index (Phi) is 7.11. The Hall–Kier alpha value is -2.32. The van der Waals surface area contributed by atoms with E-state index in [1.165, 1.54) is 17.3 Å². The van der Waals surface area contributed by atoms with E-state index in [2.05, 4.69) is 27.5 Å². The summed E-state index contributed by atoms with van der Waals surface area (Å²) in [6, 6.07) is 12.0. The van der Waals surface area contributed by atoms with E-state index in [9.17, 15) is 9.59 Å². The highest BCUT2D eigenvalue weighted by Crippen LogP contribution is 2.16. The molecule has 1 aliphatic rings. The summed E-state index contributed by atoms with van der Waals surface area (Å²) in [6.07, 6.45) is 0. The third kappa shape index (κ3) is 5.84. The maximum Gasteiger partial charge on any atom is 0.238 e. The van der Waals surface area contributed by atoms with Gasteiger partial charge in [0.05, 0.1) is 11.0 Å². The number of thioether (sulfide) groups is 1. The smallest absolute Gasteiger partial charge is 0.238 e. The molecule has 2 amide bonds. The Morgan fingerprint density at radius 1 is 1.21 bits per heavy atom. The quantitative estimate of drug-likeness (QED) is 0.766. The molecule has 1 aromatic carbocycles. The van der Waals surface area contributed by atoms with Gasteiger partial charge < -0.3 is 14.7 Å². The number of aryl methyl sites for hydroxylation is 1. The number of aromatic nitrogens is 1. The van der Waals surface area contributed by atoms with Crippen LogP contribution in [0.5, 0.6) is 0 Å². The average Bonchev–Trinajstić information content (AvgIpc) is 3.11. The van der Waals surface area contributed by atoms with Crippen molar-refractivity contribution >= 4 is 29.4 Å². The number of rotatable bonds is 7. The van der Waals surface area contributed by atoms with E-state index in [0.717, 1.165) is 32.7 Å². The molecule has 2 aromatic rings. The standard InChI is InChI=1S/C20H26N4O3S/c1-15-12-18(22-27-15)21-20(26)16(2)28-14-19(25)24-10-8-23(9-11-24)13-17-6-4-3-5-7-17/h3-7,12,16H,8-11,13-14H2,1-2H3,(H,21,22,26)/t16-/m0/s1. The van der Waals surface area contributed by atoms with E-state index in [1.54, 1.807) is 19.9 Å². The second-order valence-electron chi connectivity index (χ2n) is 6.91. The number of nitrogens with zero attached hydrogens (tertiary/aromatic N) is 3. The first-order valence-electron chi connectivity index (χ1n) is 9.41. The van der Waals surface area contributed by atoms with Gasteiger partial charge in [-0.1, -0.05) is 35.5 Å². The first-order chi connectivity index (χ1) is 13.5. The number of carbonyl (C=O) groups is 2. The minimum Gasteiger partial charge on any atom is -0.360 e. The molecule has 1 N–H and O–H groups in total. The first-order valence-corrected chi connectivity index (χ1v) is 10.5. The number of anilines is 1. The van der Waals surface area contributed by atoms with Crippen molar-refractivity contribution in [3.63, 3.8) is 0 Å². The van der Waals surface area contributed by atoms with Crippen LogP contribution in [-0.2, 0) is 16.1 Å². The molecule has 0 aliphatic carbocycles. The lowest BCUT2D eigenvalue weighted by Crippen LogP contribution is -2.49. The van der Waals surface area contributed by atoms with Crippen LogP contribution in [-0.4, -0.2) is 64.0 Å². The minimum atomic E-state index is -0.347. The summed E-state index contributed by atoms with van der Waals surface area (Å²) < 4.78 is 4.93. The third-order valence-corrected chi connectivity index (χ3v) is 5.81. The molecule has 0 spiro atoms. The van der Waals surface area contributed by atoms with Gasteiger partial charge in [0.15, 0.2) is 5.82 Å². The van der Waals surface area contributed by atoms with Crippen LogP contribution in [0, 0.1) is 6.92 Å². The molecule has 2 heterocycles. The van der Waals surface area contributed by atoms with Crippen molar-refractivity contribution in [3.05, 3.63) is 47.7 Å². The molecule has 0 unspecified atom stereocenters. The highest BCUT2D eigenvalue weighted by atomic mass is 32.2. The van der Waals surface area contributed by atoms with Crippen LogP contribution in [0.2, 0.25) is 0 Å². The summed E-state index contributed by atoms with van der Waals surface area (Å²) in [5, 5.41) is 6.10. The molecule has 0 radical (unpaired) electrons. The van der Waals surface area contributed by atoms with Crippen molar-refractivity contribution in [2.45, 2.75) is 25.6 Å². The number of nitrogens with one attached hydrogen (secondary N) is 1. The maximum atomic E-state index is 12.5. The number of benzene rings is 1. The normalized spacial score (nSPS) is 16.0. The lowest BCUT2D eigenvalue weighted by molar-refractivity contribution is -0.130. The molecular weight excluding hydrogens is 376 g/mol. The molecule has 1 aromatic heterocycles.